The first-order chi connectivity index (χ1) is 28.7. The standard InChI is InChI=1S/C56H37NO/c1-2-13-44-37-45(28-23-38(44)11-1)39-29-33-46(34-30-39)57(47-35-31-43(32-36-47)51-19-10-20-53-52-17-6-8-22-55(52)58-56(51)53)54-21-7-5-16-50(54)42-26-24-41(25-27-42)49-18-9-14-40-12-3-4-15-48(40)49/h1-37H. The maximum atomic E-state index is 6.44. The van der Waals surface area contributed by atoms with Gasteiger partial charge >= 0.3 is 0 Å². The summed E-state index contributed by atoms with van der Waals surface area (Å²) in [4.78, 5) is 2.38. The molecule has 1 heterocycles. The molecule has 0 aliphatic rings. The van der Waals surface area contributed by atoms with Gasteiger partial charge in [0.15, 0.2) is 0 Å². The van der Waals surface area contributed by atoms with Gasteiger partial charge in [0, 0.05) is 33.3 Å². The van der Waals surface area contributed by atoms with Gasteiger partial charge in [-0.2, -0.15) is 0 Å². The van der Waals surface area contributed by atoms with E-state index in [0.717, 1.165) is 61.3 Å². The number of anilines is 3. The lowest BCUT2D eigenvalue weighted by Gasteiger charge is -2.28. The van der Waals surface area contributed by atoms with Crippen LogP contribution < -0.4 is 4.90 Å². The number of hydrogen-bond acceptors (Lipinski definition) is 2. The first-order valence-corrected chi connectivity index (χ1v) is 19.8. The molecule has 0 aliphatic heterocycles. The first-order valence-electron chi connectivity index (χ1n) is 19.8. The Morgan fingerprint density at radius 2 is 0.793 bits per heavy atom. The Labute approximate surface area is 337 Å². The van der Waals surface area contributed by atoms with E-state index < -0.39 is 0 Å². The van der Waals surface area contributed by atoms with Crippen molar-refractivity contribution in [1.82, 2.24) is 0 Å². The Hall–Kier alpha value is -7.68. The summed E-state index contributed by atoms with van der Waals surface area (Å²) in [5.41, 5.74) is 14.4. The fourth-order valence-electron chi connectivity index (χ4n) is 8.58. The molecule has 58 heavy (non-hydrogen) atoms. The minimum absolute atomic E-state index is 0.904. The molecule has 2 heteroatoms. The van der Waals surface area contributed by atoms with Gasteiger partial charge in [0.05, 0.1) is 5.69 Å². The van der Waals surface area contributed by atoms with Crippen molar-refractivity contribution in [2.24, 2.45) is 0 Å². The molecule has 0 radical (unpaired) electrons. The van der Waals surface area contributed by atoms with Gasteiger partial charge in [-0.1, -0.05) is 182 Å². The number of benzene rings is 10. The third-order valence-electron chi connectivity index (χ3n) is 11.5. The second-order valence-electron chi connectivity index (χ2n) is 14.9. The van der Waals surface area contributed by atoms with Gasteiger partial charge in [-0.25, -0.2) is 0 Å². The molecule has 0 atom stereocenters. The topological polar surface area (TPSA) is 16.4 Å². The summed E-state index contributed by atoms with van der Waals surface area (Å²) in [6.07, 6.45) is 0. The number of furan rings is 1. The number of nitrogens with zero attached hydrogens (tertiary/aromatic N) is 1. The number of hydrogen-bond donors (Lipinski definition) is 0. The fraction of sp³-hybridized carbons (Fsp3) is 0. The van der Waals surface area contributed by atoms with E-state index in [-0.39, 0.29) is 0 Å². The molecule has 0 bridgehead atoms. The Morgan fingerprint density at radius 1 is 0.293 bits per heavy atom. The highest BCUT2D eigenvalue weighted by Crippen LogP contribution is 2.43. The molecule has 0 unspecified atom stereocenters. The lowest BCUT2D eigenvalue weighted by Crippen LogP contribution is -2.11. The van der Waals surface area contributed by atoms with Gasteiger partial charge in [-0.15, -0.1) is 0 Å². The van der Waals surface area contributed by atoms with Crippen molar-refractivity contribution in [2.45, 2.75) is 0 Å². The Bertz CT molecular complexity index is 3260. The zero-order valence-electron chi connectivity index (χ0n) is 31.7. The van der Waals surface area contributed by atoms with Crippen molar-refractivity contribution < 1.29 is 4.42 Å². The van der Waals surface area contributed by atoms with Crippen molar-refractivity contribution in [1.29, 1.82) is 0 Å². The minimum Gasteiger partial charge on any atom is -0.455 e. The van der Waals surface area contributed by atoms with Crippen LogP contribution in [0.15, 0.2) is 229 Å². The molecule has 0 saturated carbocycles. The normalized spacial score (nSPS) is 11.4. The average molecular weight is 740 g/mol. The monoisotopic (exact) mass is 739 g/mol. The van der Waals surface area contributed by atoms with Gasteiger partial charge in [0.1, 0.15) is 11.2 Å². The molecule has 0 saturated heterocycles. The van der Waals surface area contributed by atoms with E-state index in [9.17, 15) is 0 Å². The fourth-order valence-corrected chi connectivity index (χ4v) is 8.58. The Kier molecular flexibility index (Phi) is 8.19. The van der Waals surface area contributed by atoms with Crippen LogP contribution in [0.1, 0.15) is 0 Å². The van der Waals surface area contributed by atoms with E-state index in [2.05, 4.69) is 217 Å². The van der Waals surface area contributed by atoms with Crippen LogP contribution >= 0.6 is 0 Å². The second kappa shape index (κ2) is 14.1. The third kappa shape index (κ3) is 5.91. The highest BCUT2D eigenvalue weighted by atomic mass is 16.3. The Balaban J connectivity index is 1.01. The summed E-state index contributed by atoms with van der Waals surface area (Å²) in [6.45, 7) is 0. The van der Waals surface area contributed by atoms with Crippen LogP contribution in [-0.4, -0.2) is 0 Å². The quantitative estimate of drug-likeness (QED) is 0.162. The molecular weight excluding hydrogens is 703 g/mol. The largest absolute Gasteiger partial charge is 0.455 e. The van der Waals surface area contributed by atoms with Crippen LogP contribution in [0.5, 0.6) is 0 Å². The molecule has 10 aromatic carbocycles. The summed E-state index contributed by atoms with van der Waals surface area (Å²) >= 11 is 0. The molecular formula is C56H37NO. The number of para-hydroxylation sites is 3. The van der Waals surface area contributed by atoms with E-state index in [4.69, 9.17) is 4.42 Å². The Morgan fingerprint density at radius 3 is 1.59 bits per heavy atom. The summed E-state index contributed by atoms with van der Waals surface area (Å²) in [6, 6.07) is 80.7. The van der Waals surface area contributed by atoms with E-state index >= 15 is 0 Å². The molecule has 0 fully saturated rings. The van der Waals surface area contributed by atoms with Crippen LogP contribution in [0, 0.1) is 0 Å². The second-order valence-corrected chi connectivity index (χ2v) is 14.9. The molecule has 0 spiro atoms. The van der Waals surface area contributed by atoms with Crippen molar-refractivity contribution in [3.63, 3.8) is 0 Å². The van der Waals surface area contributed by atoms with Crippen LogP contribution in [0.25, 0.3) is 88.0 Å². The smallest absolute Gasteiger partial charge is 0.143 e. The lowest BCUT2D eigenvalue weighted by molar-refractivity contribution is 0.670. The zero-order valence-corrected chi connectivity index (χ0v) is 31.7. The molecule has 2 nitrogen and oxygen atoms in total. The predicted octanol–water partition coefficient (Wildman–Crippen LogP) is 16.0. The predicted molar refractivity (Wildman–Crippen MR) is 245 cm³/mol. The zero-order chi connectivity index (χ0) is 38.4. The lowest BCUT2D eigenvalue weighted by atomic mass is 9.95. The van der Waals surface area contributed by atoms with Gasteiger partial charge in [-0.3, -0.25) is 0 Å². The van der Waals surface area contributed by atoms with Crippen molar-refractivity contribution in [3.05, 3.63) is 224 Å². The summed E-state index contributed by atoms with van der Waals surface area (Å²) in [7, 11) is 0. The average Bonchev–Trinajstić information content (AvgIpc) is 3.69. The van der Waals surface area contributed by atoms with E-state index in [1.165, 1.54) is 43.8 Å². The third-order valence-corrected chi connectivity index (χ3v) is 11.5. The van der Waals surface area contributed by atoms with Crippen LogP contribution in [0.4, 0.5) is 17.1 Å². The molecule has 272 valence electrons. The molecule has 1 aromatic heterocycles. The SMILES string of the molecule is c1ccc(N(c2ccc(-c3ccc4ccccc4c3)cc2)c2ccc(-c3cccc4c3oc3ccccc34)cc2)c(-c2ccc(-c3cccc4ccccc34)cc2)c1. The summed E-state index contributed by atoms with van der Waals surface area (Å²) < 4.78 is 6.44. The van der Waals surface area contributed by atoms with Crippen LogP contribution in [0.2, 0.25) is 0 Å². The highest BCUT2D eigenvalue weighted by Gasteiger charge is 2.19. The van der Waals surface area contributed by atoms with Gasteiger partial charge in [0.25, 0.3) is 0 Å². The molecule has 0 N–H and O–H groups in total. The number of fused-ring (bicyclic) bond motifs is 5. The van der Waals surface area contributed by atoms with Gasteiger partial charge in [0.2, 0.25) is 0 Å². The molecule has 11 rings (SSSR count). The maximum absolute atomic E-state index is 6.44. The summed E-state index contributed by atoms with van der Waals surface area (Å²) in [5, 5.41) is 7.26. The van der Waals surface area contributed by atoms with Gasteiger partial charge in [-0.05, 0) is 97.4 Å². The van der Waals surface area contributed by atoms with Crippen LogP contribution in [0.3, 0.4) is 0 Å². The molecule has 0 amide bonds. The summed E-state index contributed by atoms with van der Waals surface area (Å²) in [5.74, 6) is 0. The van der Waals surface area contributed by atoms with E-state index in [1.54, 1.807) is 0 Å². The highest BCUT2D eigenvalue weighted by molar-refractivity contribution is 6.09. The number of rotatable bonds is 7. The minimum atomic E-state index is 0.904. The van der Waals surface area contributed by atoms with Crippen molar-refractivity contribution in [3.8, 4) is 44.5 Å². The molecule has 0 aliphatic carbocycles. The van der Waals surface area contributed by atoms with E-state index in [1.807, 2.05) is 12.1 Å². The van der Waals surface area contributed by atoms with Crippen LogP contribution in [-0.2, 0) is 0 Å². The van der Waals surface area contributed by atoms with E-state index in [0.29, 0.717) is 0 Å². The first kappa shape index (κ1) is 33.6. The van der Waals surface area contributed by atoms with Gasteiger partial charge < -0.3 is 9.32 Å². The molecule has 11 aromatic rings. The van der Waals surface area contributed by atoms with Crippen molar-refractivity contribution >= 4 is 60.5 Å². The van der Waals surface area contributed by atoms with Crippen molar-refractivity contribution in [2.75, 3.05) is 4.90 Å². The maximum Gasteiger partial charge on any atom is 0.143 e.